The number of likely N-dealkylation sites (tertiary alicyclic amines) is 1. The minimum absolute atomic E-state index is 0.222. The van der Waals surface area contributed by atoms with Crippen LogP contribution in [0.4, 0.5) is 18.3 Å². The van der Waals surface area contributed by atoms with Crippen molar-refractivity contribution >= 4 is 32.6 Å². The molecule has 42 heavy (non-hydrogen) atoms. The van der Waals surface area contributed by atoms with Crippen LogP contribution in [0.2, 0.25) is 0 Å². The average molecular weight is 598 g/mol. The van der Waals surface area contributed by atoms with Crippen LogP contribution in [-0.4, -0.2) is 44.9 Å². The van der Waals surface area contributed by atoms with E-state index in [1.807, 2.05) is 12.1 Å². The zero-order chi connectivity index (χ0) is 29.9. The number of nitrogens with zero attached hydrogens (tertiary/aromatic N) is 4. The number of hydrogen-bond acceptors (Lipinski definition) is 7. The maximum absolute atomic E-state index is 13.7. The fourth-order valence-electron chi connectivity index (χ4n) is 5.51. The summed E-state index contributed by atoms with van der Waals surface area (Å²) in [6, 6.07) is 11.3. The van der Waals surface area contributed by atoms with E-state index in [1.54, 1.807) is 12.1 Å². The lowest BCUT2D eigenvalue weighted by Crippen LogP contribution is -2.41. The van der Waals surface area contributed by atoms with Crippen LogP contribution in [0.15, 0.2) is 48.8 Å². The third-order valence-corrected chi connectivity index (χ3v) is 8.26. The van der Waals surface area contributed by atoms with Crippen molar-refractivity contribution in [2.45, 2.75) is 65.1 Å². The first-order valence-electron chi connectivity index (χ1n) is 14.2. The zero-order valence-electron chi connectivity index (χ0n) is 23.9. The van der Waals surface area contributed by atoms with E-state index < -0.39 is 11.7 Å². The van der Waals surface area contributed by atoms with Crippen molar-refractivity contribution in [3.05, 3.63) is 59.9 Å². The Bertz CT molecular complexity index is 1560. The lowest BCUT2D eigenvalue weighted by Gasteiger charge is -2.37. The lowest BCUT2D eigenvalue weighted by atomic mass is 9.91. The van der Waals surface area contributed by atoms with Gasteiger partial charge in [-0.05, 0) is 68.0 Å². The Labute approximate surface area is 247 Å². The van der Waals surface area contributed by atoms with E-state index >= 15 is 0 Å². The molecule has 1 aliphatic heterocycles. The molecule has 1 saturated heterocycles. The molecule has 0 aliphatic carbocycles. The monoisotopic (exact) mass is 597 g/mol. The second-order valence-electron chi connectivity index (χ2n) is 11.1. The van der Waals surface area contributed by atoms with Gasteiger partial charge in [-0.15, -0.1) is 0 Å². The number of carbonyl (C=O) groups is 1. The minimum Gasteiger partial charge on any atom is -0.437 e. The lowest BCUT2D eigenvalue weighted by molar-refractivity contribution is -0.137. The normalized spacial score (nSPS) is 16.2. The second kappa shape index (κ2) is 12.7. The molecule has 0 saturated carbocycles. The number of fused-ring (bicyclic) bond motifs is 1. The Kier molecular flexibility index (Phi) is 9.08. The molecule has 1 amide bonds. The summed E-state index contributed by atoms with van der Waals surface area (Å²) in [5.74, 6) is 0.990. The van der Waals surface area contributed by atoms with Gasteiger partial charge in [0, 0.05) is 31.1 Å². The molecule has 2 aromatic heterocycles. The average Bonchev–Trinajstić information content (AvgIpc) is 3.34. The number of para-hydroxylation sites is 1. The smallest absolute Gasteiger partial charge is 0.416 e. The van der Waals surface area contributed by atoms with Crippen LogP contribution in [-0.2, 0) is 17.4 Å². The quantitative estimate of drug-likeness (QED) is 0.211. The molecule has 0 spiro atoms. The number of hydrogen-bond donors (Lipinski definition) is 1. The van der Waals surface area contributed by atoms with Gasteiger partial charge < -0.3 is 15.0 Å². The molecule has 0 radical (unpaired) electrons. The van der Waals surface area contributed by atoms with Crippen molar-refractivity contribution in [3.8, 4) is 22.9 Å². The van der Waals surface area contributed by atoms with E-state index in [0.29, 0.717) is 51.6 Å². The summed E-state index contributed by atoms with van der Waals surface area (Å²) >= 11 is 1.32. The Morgan fingerprint density at radius 3 is 2.76 bits per heavy atom. The molecule has 0 bridgehead atoms. The number of alkyl halides is 3. The molecule has 11 heteroatoms. The van der Waals surface area contributed by atoms with E-state index in [-0.39, 0.29) is 11.8 Å². The summed E-state index contributed by atoms with van der Waals surface area (Å²) in [5.41, 5.74) is 1.61. The minimum atomic E-state index is -4.44. The highest BCUT2D eigenvalue weighted by Gasteiger charge is 2.31. The zero-order valence-corrected chi connectivity index (χ0v) is 24.7. The summed E-state index contributed by atoms with van der Waals surface area (Å²) in [5, 5.41) is 3.14. The molecule has 3 heterocycles. The summed E-state index contributed by atoms with van der Waals surface area (Å²) in [4.78, 5) is 27.1. The third-order valence-electron chi connectivity index (χ3n) is 7.33. The highest BCUT2D eigenvalue weighted by Crippen LogP contribution is 2.37. The predicted octanol–water partition coefficient (Wildman–Crippen LogP) is 7.97. The molecule has 4 aromatic rings. The summed E-state index contributed by atoms with van der Waals surface area (Å²) in [6.07, 6.45) is 1.54. The SMILES string of the molecule is CC(=O)Nc1nc2c(Oc3cc(-c4ccc(C(F)(F)F)cc4CCC4CCCCN4CC(C)C)ncn3)cccc2s1. The predicted molar refractivity (Wildman–Crippen MR) is 159 cm³/mol. The fraction of sp³-hybridized carbons (Fsp3) is 0.419. The Morgan fingerprint density at radius 2 is 2.00 bits per heavy atom. The van der Waals surface area contributed by atoms with Gasteiger partial charge in [-0.3, -0.25) is 4.79 Å². The number of nitrogens with one attached hydrogen (secondary N) is 1. The molecule has 1 N–H and O–H groups in total. The van der Waals surface area contributed by atoms with Crippen LogP contribution < -0.4 is 10.1 Å². The highest BCUT2D eigenvalue weighted by atomic mass is 32.1. The van der Waals surface area contributed by atoms with E-state index in [0.717, 1.165) is 49.5 Å². The summed E-state index contributed by atoms with van der Waals surface area (Å²) < 4.78 is 48.1. The molecule has 7 nitrogen and oxygen atoms in total. The number of rotatable bonds is 9. The Balaban J connectivity index is 1.43. The van der Waals surface area contributed by atoms with Crippen LogP contribution in [0.5, 0.6) is 11.6 Å². The number of aromatic nitrogens is 3. The number of aryl methyl sites for hydroxylation is 1. The number of halogens is 3. The Morgan fingerprint density at radius 1 is 1.17 bits per heavy atom. The number of ether oxygens (including phenoxy) is 1. The Hall–Kier alpha value is -3.57. The van der Waals surface area contributed by atoms with Crippen LogP contribution in [0.1, 0.15) is 57.6 Å². The van der Waals surface area contributed by atoms with Crippen molar-refractivity contribution in [1.29, 1.82) is 0 Å². The van der Waals surface area contributed by atoms with E-state index in [1.165, 1.54) is 36.7 Å². The van der Waals surface area contributed by atoms with Gasteiger partial charge in [0.05, 0.1) is 16.0 Å². The molecule has 1 aliphatic rings. The molecule has 222 valence electrons. The molecular formula is C31H34F3N5O2S. The van der Waals surface area contributed by atoms with Gasteiger partial charge in [0.25, 0.3) is 0 Å². The van der Waals surface area contributed by atoms with Crippen molar-refractivity contribution in [3.63, 3.8) is 0 Å². The molecular weight excluding hydrogens is 563 g/mol. The number of thiazole rings is 1. The van der Waals surface area contributed by atoms with Gasteiger partial charge >= 0.3 is 6.18 Å². The number of piperidine rings is 1. The summed E-state index contributed by atoms with van der Waals surface area (Å²) in [7, 11) is 0. The first-order chi connectivity index (χ1) is 20.1. The van der Waals surface area contributed by atoms with Crippen molar-refractivity contribution in [2.24, 2.45) is 5.92 Å². The van der Waals surface area contributed by atoms with Crippen molar-refractivity contribution in [2.75, 3.05) is 18.4 Å². The van der Waals surface area contributed by atoms with Gasteiger partial charge in [0.15, 0.2) is 10.9 Å². The molecule has 1 unspecified atom stereocenters. The summed E-state index contributed by atoms with van der Waals surface area (Å²) in [6.45, 7) is 7.83. The first kappa shape index (κ1) is 29.9. The number of carbonyl (C=O) groups excluding carboxylic acids is 1. The third kappa shape index (κ3) is 7.25. The van der Waals surface area contributed by atoms with Gasteiger partial charge in [-0.25, -0.2) is 15.0 Å². The first-order valence-corrected chi connectivity index (χ1v) is 15.0. The van der Waals surface area contributed by atoms with Crippen LogP contribution in [0.25, 0.3) is 21.5 Å². The van der Waals surface area contributed by atoms with E-state index in [9.17, 15) is 18.0 Å². The van der Waals surface area contributed by atoms with Crippen molar-refractivity contribution in [1.82, 2.24) is 19.9 Å². The van der Waals surface area contributed by atoms with E-state index in [4.69, 9.17) is 4.74 Å². The molecule has 1 atom stereocenters. The largest absolute Gasteiger partial charge is 0.437 e. The molecule has 1 fully saturated rings. The van der Waals surface area contributed by atoms with Crippen molar-refractivity contribution < 1.29 is 22.7 Å². The van der Waals surface area contributed by atoms with Gasteiger partial charge in [0.2, 0.25) is 11.8 Å². The van der Waals surface area contributed by atoms with Gasteiger partial charge in [-0.2, -0.15) is 13.2 Å². The number of benzene rings is 2. The fourth-order valence-corrected chi connectivity index (χ4v) is 6.44. The maximum Gasteiger partial charge on any atom is 0.416 e. The molecule has 5 rings (SSSR count). The molecule has 2 aromatic carbocycles. The standard InChI is InChI=1S/C31H34F3N5O2S/c1-19(2)17-39-14-5-4-7-23(39)12-10-21-15-22(31(32,33)34)11-13-24(21)25-16-28(36-18-35-25)41-26-8-6-9-27-29(26)38-30(42-27)37-20(3)40/h6,8-9,11,13,15-16,18-19,23H,4-5,7,10,12,14,17H2,1-3H3,(H,37,38,40). The maximum atomic E-state index is 13.7. The number of amides is 1. The van der Waals surface area contributed by atoms with E-state index in [2.05, 4.69) is 39.0 Å². The van der Waals surface area contributed by atoms with Crippen LogP contribution in [0, 0.1) is 5.92 Å². The highest BCUT2D eigenvalue weighted by molar-refractivity contribution is 7.22. The van der Waals surface area contributed by atoms with Gasteiger partial charge in [0.1, 0.15) is 11.8 Å². The van der Waals surface area contributed by atoms with Gasteiger partial charge in [-0.1, -0.05) is 43.7 Å². The number of anilines is 1. The van der Waals surface area contributed by atoms with Crippen LogP contribution in [0.3, 0.4) is 0 Å². The topological polar surface area (TPSA) is 80.2 Å². The van der Waals surface area contributed by atoms with Crippen LogP contribution >= 0.6 is 11.3 Å². The second-order valence-corrected chi connectivity index (χ2v) is 12.1.